The number of hydrogen-bond acceptors (Lipinski definition) is 3. The predicted octanol–water partition coefficient (Wildman–Crippen LogP) is 2.06. The van der Waals surface area contributed by atoms with Crippen LogP contribution < -0.4 is 0 Å². The molecule has 8 heteroatoms. The van der Waals surface area contributed by atoms with Gasteiger partial charge in [-0.05, 0) is 0 Å². The van der Waals surface area contributed by atoms with Crippen LogP contribution in [0.2, 0.25) is 5.15 Å². The molecule has 4 nitrogen and oxygen atoms in total. The molecule has 1 heterocycles. The van der Waals surface area contributed by atoms with Gasteiger partial charge in [0.1, 0.15) is 5.69 Å². The fourth-order valence-electron chi connectivity index (χ4n) is 0.828. The van der Waals surface area contributed by atoms with Gasteiger partial charge in [0.05, 0.1) is 0 Å². The molecule has 0 amide bonds. The van der Waals surface area contributed by atoms with Gasteiger partial charge in [-0.1, -0.05) is 11.6 Å². The van der Waals surface area contributed by atoms with Crippen molar-refractivity contribution in [1.29, 1.82) is 0 Å². The van der Waals surface area contributed by atoms with E-state index in [-0.39, 0.29) is 5.15 Å². The molecule has 76 valence electrons. The zero-order valence-electron chi connectivity index (χ0n) is 6.76. The zero-order valence-corrected chi connectivity index (χ0v) is 7.52. The summed E-state index contributed by atoms with van der Waals surface area (Å²) in [4.78, 5) is 12.7. The average molecular weight is 226 g/mol. The fourth-order valence-corrected chi connectivity index (χ4v) is 0.997. The lowest BCUT2D eigenvalue weighted by atomic mass is 10.4. The van der Waals surface area contributed by atoms with Gasteiger partial charge >= 0.3 is 6.18 Å². The Morgan fingerprint density at radius 3 is 2.57 bits per heavy atom. The second-order valence-electron chi connectivity index (χ2n) is 2.31. The molecule has 1 aromatic heterocycles. The summed E-state index contributed by atoms with van der Waals surface area (Å²) in [7, 11) is 1.21. The van der Waals surface area contributed by atoms with Crippen LogP contribution in [0.3, 0.4) is 0 Å². The highest BCUT2D eigenvalue weighted by atomic mass is 35.5. The van der Waals surface area contributed by atoms with E-state index in [9.17, 15) is 18.0 Å². The maximum Gasteiger partial charge on any atom is 0.437 e. The van der Waals surface area contributed by atoms with Crippen molar-refractivity contribution in [1.82, 2.24) is 9.78 Å². The van der Waals surface area contributed by atoms with Crippen LogP contribution in [0.4, 0.5) is 18.9 Å². The van der Waals surface area contributed by atoms with Gasteiger partial charge in [-0.3, -0.25) is 4.68 Å². The minimum absolute atomic E-state index is 0.360. The van der Waals surface area contributed by atoms with E-state index >= 15 is 0 Å². The Labute approximate surface area is 81.0 Å². The van der Waals surface area contributed by atoms with E-state index in [0.717, 1.165) is 10.8 Å². The number of aromatic nitrogens is 2. The molecular formula is C6H3ClF3N3O. The summed E-state index contributed by atoms with van der Waals surface area (Å²) in [5.41, 5.74) is -2.01. The first-order chi connectivity index (χ1) is 6.38. The van der Waals surface area contributed by atoms with E-state index in [1.54, 1.807) is 0 Å². The van der Waals surface area contributed by atoms with Gasteiger partial charge in [0.2, 0.25) is 6.08 Å². The molecule has 0 aliphatic heterocycles. The number of rotatable bonds is 1. The lowest BCUT2D eigenvalue weighted by molar-refractivity contribution is -0.140. The van der Waals surface area contributed by atoms with Crippen molar-refractivity contribution in [2.24, 2.45) is 12.0 Å². The van der Waals surface area contributed by atoms with Crippen molar-refractivity contribution >= 4 is 23.4 Å². The van der Waals surface area contributed by atoms with E-state index in [1.807, 2.05) is 0 Å². The zero-order chi connectivity index (χ0) is 10.9. The standard InChI is InChI=1S/C6H3ClF3N3O/c1-13-5(7)3(11-2-14)4(12-13)6(8,9)10/h1H3. The molecule has 0 aliphatic carbocycles. The highest BCUT2D eigenvalue weighted by Crippen LogP contribution is 2.39. The summed E-state index contributed by atoms with van der Waals surface area (Å²) in [5.74, 6) is 0. The monoisotopic (exact) mass is 225 g/mol. The minimum atomic E-state index is -4.69. The summed E-state index contributed by atoms with van der Waals surface area (Å²) >= 11 is 5.43. The molecule has 0 spiro atoms. The number of isocyanates is 1. The van der Waals surface area contributed by atoms with Crippen molar-refractivity contribution in [2.75, 3.05) is 0 Å². The number of nitrogens with zero attached hydrogens (tertiary/aromatic N) is 3. The predicted molar refractivity (Wildman–Crippen MR) is 41.0 cm³/mol. The van der Waals surface area contributed by atoms with Crippen molar-refractivity contribution in [3.05, 3.63) is 10.8 Å². The van der Waals surface area contributed by atoms with Gasteiger partial charge in [-0.15, -0.1) is 0 Å². The molecule has 0 saturated heterocycles. The molecule has 1 aromatic rings. The first-order valence-corrected chi connectivity index (χ1v) is 3.63. The van der Waals surface area contributed by atoms with Crippen LogP contribution >= 0.6 is 11.6 Å². The quantitative estimate of drug-likeness (QED) is 0.543. The summed E-state index contributed by atoms with van der Waals surface area (Å²) in [5, 5.41) is 2.73. The molecule has 0 saturated carbocycles. The van der Waals surface area contributed by atoms with Gasteiger partial charge in [0.15, 0.2) is 10.8 Å². The van der Waals surface area contributed by atoms with Crippen molar-refractivity contribution in [3.8, 4) is 0 Å². The Bertz CT molecular complexity index is 405. The number of carbonyl (C=O) groups excluding carboxylic acids is 1. The molecule has 14 heavy (non-hydrogen) atoms. The van der Waals surface area contributed by atoms with Crippen molar-refractivity contribution in [2.45, 2.75) is 6.18 Å². The lowest BCUT2D eigenvalue weighted by Crippen LogP contribution is -2.06. The van der Waals surface area contributed by atoms with E-state index in [1.165, 1.54) is 7.05 Å². The maximum absolute atomic E-state index is 12.2. The Morgan fingerprint density at radius 2 is 2.14 bits per heavy atom. The van der Waals surface area contributed by atoms with Gasteiger partial charge < -0.3 is 0 Å². The van der Waals surface area contributed by atoms with E-state index in [4.69, 9.17) is 11.6 Å². The van der Waals surface area contributed by atoms with Crippen LogP contribution in [0.25, 0.3) is 0 Å². The van der Waals surface area contributed by atoms with Crippen LogP contribution in [0.1, 0.15) is 5.69 Å². The third kappa shape index (κ3) is 1.78. The van der Waals surface area contributed by atoms with Crippen LogP contribution in [-0.2, 0) is 18.0 Å². The minimum Gasteiger partial charge on any atom is -0.254 e. The van der Waals surface area contributed by atoms with Crippen LogP contribution in [0, 0.1) is 0 Å². The Balaban J connectivity index is 3.44. The highest BCUT2D eigenvalue weighted by molar-refractivity contribution is 6.32. The van der Waals surface area contributed by atoms with Crippen LogP contribution in [0.5, 0.6) is 0 Å². The number of halogens is 4. The summed E-state index contributed by atoms with van der Waals surface area (Å²) in [6.07, 6.45) is -3.71. The third-order valence-electron chi connectivity index (χ3n) is 1.38. The molecule has 0 aromatic carbocycles. The second kappa shape index (κ2) is 3.43. The number of aliphatic imine (C=N–C) groups is 1. The maximum atomic E-state index is 12.2. The normalized spacial score (nSPS) is 11.2. The lowest BCUT2D eigenvalue weighted by Gasteiger charge is -2.00. The first kappa shape index (κ1) is 10.7. The Kier molecular flexibility index (Phi) is 2.64. The fraction of sp³-hybridized carbons (Fsp3) is 0.333. The molecule has 0 fully saturated rings. The number of alkyl halides is 3. The van der Waals surface area contributed by atoms with Crippen molar-refractivity contribution in [3.63, 3.8) is 0 Å². The van der Waals surface area contributed by atoms with E-state index in [2.05, 4.69) is 10.1 Å². The SMILES string of the molecule is Cn1nc(C(F)(F)F)c(N=C=O)c1Cl. The molecule has 0 N–H and O–H groups in total. The molecule has 0 unspecified atom stereocenters. The van der Waals surface area contributed by atoms with Crippen molar-refractivity contribution < 1.29 is 18.0 Å². The molecule has 0 bridgehead atoms. The van der Waals surface area contributed by atoms with E-state index < -0.39 is 17.6 Å². The summed E-state index contributed by atoms with van der Waals surface area (Å²) < 4.78 is 37.5. The third-order valence-corrected chi connectivity index (χ3v) is 1.80. The van der Waals surface area contributed by atoms with Crippen LogP contribution in [0.15, 0.2) is 4.99 Å². The van der Waals surface area contributed by atoms with E-state index in [0.29, 0.717) is 0 Å². The van der Waals surface area contributed by atoms with Crippen LogP contribution in [-0.4, -0.2) is 15.9 Å². The van der Waals surface area contributed by atoms with Gasteiger partial charge in [-0.25, -0.2) is 4.79 Å². The van der Waals surface area contributed by atoms with Gasteiger partial charge in [0, 0.05) is 7.05 Å². The second-order valence-corrected chi connectivity index (χ2v) is 2.67. The van der Waals surface area contributed by atoms with Gasteiger partial charge in [0.25, 0.3) is 0 Å². The smallest absolute Gasteiger partial charge is 0.254 e. The molecule has 0 radical (unpaired) electrons. The molecular weight excluding hydrogens is 223 g/mol. The molecule has 0 aliphatic rings. The molecule has 1 rings (SSSR count). The topological polar surface area (TPSA) is 47.2 Å². The average Bonchev–Trinajstić information content (AvgIpc) is 2.32. The van der Waals surface area contributed by atoms with Gasteiger partial charge in [-0.2, -0.15) is 23.3 Å². The number of aryl methyl sites for hydroxylation is 1. The molecule has 0 atom stereocenters. The summed E-state index contributed by atoms with van der Waals surface area (Å²) in [6.45, 7) is 0. The Morgan fingerprint density at radius 1 is 1.57 bits per heavy atom. The summed E-state index contributed by atoms with van der Waals surface area (Å²) in [6, 6.07) is 0. The largest absolute Gasteiger partial charge is 0.437 e. The first-order valence-electron chi connectivity index (χ1n) is 3.25. The number of hydrogen-bond donors (Lipinski definition) is 0. The Hall–Kier alpha value is -1.33. The highest BCUT2D eigenvalue weighted by Gasteiger charge is 2.39.